The van der Waals surface area contributed by atoms with Gasteiger partial charge in [0.1, 0.15) is 5.75 Å². The van der Waals surface area contributed by atoms with Crippen LogP contribution in [0.2, 0.25) is 0 Å². The van der Waals surface area contributed by atoms with Crippen LogP contribution in [0, 0.1) is 0 Å². The van der Waals surface area contributed by atoms with Crippen LogP contribution in [-0.2, 0) is 9.59 Å². The first-order valence-corrected chi connectivity index (χ1v) is 4.48. The standard InChI is InChI=1S/C8H5NO3.C2H2O4/c10-5-3-1-2-4-6(5)8(12)9-7(4)11;3-1(4)2(5)6/h1-3,10H,(H,9,11,12);(H,3,4)(H,5,6). The molecule has 0 fully saturated rings. The molecule has 18 heavy (non-hydrogen) atoms. The smallest absolute Gasteiger partial charge is 0.414 e. The second-order valence-corrected chi connectivity index (χ2v) is 3.09. The lowest BCUT2D eigenvalue weighted by Gasteiger charge is -1.95. The Bertz CT molecular complexity index is 537. The van der Waals surface area contributed by atoms with Crippen molar-refractivity contribution in [2.24, 2.45) is 0 Å². The SMILES string of the molecule is O=C(O)C(=O)O.O=C1NC(=O)c2c(O)cccc21. The van der Waals surface area contributed by atoms with Crippen LogP contribution < -0.4 is 5.32 Å². The molecule has 1 aliphatic rings. The highest BCUT2D eigenvalue weighted by Crippen LogP contribution is 2.24. The Balaban J connectivity index is 0.000000232. The number of aromatic hydroxyl groups is 1. The van der Waals surface area contributed by atoms with E-state index in [1.54, 1.807) is 0 Å². The summed E-state index contributed by atoms with van der Waals surface area (Å²) in [6, 6.07) is 4.39. The van der Waals surface area contributed by atoms with Gasteiger partial charge in [-0.15, -0.1) is 0 Å². The average Bonchev–Trinajstić information content (AvgIpc) is 2.56. The van der Waals surface area contributed by atoms with E-state index in [9.17, 15) is 14.7 Å². The second-order valence-electron chi connectivity index (χ2n) is 3.09. The number of carboxylic acids is 2. The van der Waals surface area contributed by atoms with Crippen molar-refractivity contribution in [1.29, 1.82) is 0 Å². The molecule has 2 rings (SSSR count). The van der Waals surface area contributed by atoms with Gasteiger partial charge in [-0.1, -0.05) is 6.07 Å². The predicted molar refractivity (Wildman–Crippen MR) is 55.2 cm³/mol. The number of fused-ring (bicyclic) bond motifs is 1. The molecule has 2 amide bonds. The number of benzene rings is 1. The number of hydrogen-bond donors (Lipinski definition) is 4. The summed E-state index contributed by atoms with van der Waals surface area (Å²) in [5.41, 5.74) is 0.308. The number of aliphatic carboxylic acids is 2. The van der Waals surface area contributed by atoms with Crippen LogP contribution in [0.5, 0.6) is 5.75 Å². The van der Waals surface area contributed by atoms with E-state index in [1.807, 2.05) is 0 Å². The first-order valence-electron chi connectivity index (χ1n) is 4.48. The molecule has 8 nitrogen and oxygen atoms in total. The van der Waals surface area contributed by atoms with Gasteiger partial charge in [-0.2, -0.15) is 0 Å². The van der Waals surface area contributed by atoms with E-state index < -0.39 is 23.8 Å². The molecular formula is C10H7NO7. The van der Waals surface area contributed by atoms with E-state index >= 15 is 0 Å². The van der Waals surface area contributed by atoms with Crippen LogP contribution in [0.25, 0.3) is 0 Å². The number of carbonyl (C=O) groups excluding carboxylic acids is 2. The van der Waals surface area contributed by atoms with Crippen LogP contribution in [0.4, 0.5) is 0 Å². The first kappa shape index (κ1) is 13.2. The maximum absolute atomic E-state index is 11.0. The normalized spacial score (nSPS) is 12.0. The molecule has 94 valence electrons. The molecule has 0 unspecified atom stereocenters. The van der Waals surface area contributed by atoms with Gasteiger partial charge in [-0.05, 0) is 12.1 Å². The maximum atomic E-state index is 11.0. The zero-order valence-corrected chi connectivity index (χ0v) is 8.71. The number of phenols is 1. The number of phenolic OH excluding ortho intramolecular Hbond substituents is 1. The molecule has 8 heteroatoms. The quantitative estimate of drug-likeness (QED) is 0.358. The van der Waals surface area contributed by atoms with Gasteiger partial charge in [0.2, 0.25) is 0 Å². The molecule has 1 aliphatic heterocycles. The Morgan fingerprint density at radius 3 is 2.00 bits per heavy atom. The summed E-state index contributed by atoms with van der Waals surface area (Å²) in [5.74, 6) is -4.79. The molecule has 0 atom stereocenters. The maximum Gasteiger partial charge on any atom is 0.414 e. The van der Waals surface area contributed by atoms with E-state index in [4.69, 9.17) is 19.8 Å². The number of imide groups is 1. The molecule has 1 aromatic carbocycles. The number of nitrogens with one attached hydrogen (secondary N) is 1. The summed E-state index contributed by atoms with van der Waals surface area (Å²) in [4.78, 5) is 40.2. The Morgan fingerprint density at radius 1 is 1.00 bits per heavy atom. The van der Waals surface area contributed by atoms with E-state index in [0.29, 0.717) is 0 Å². The van der Waals surface area contributed by atoms with Crippen molar-refractivity contribution in [1.82, 2.24) is 5.32 Å². The fourth-order valence-electron chi connectivity index (χ4n) is 1.20. The predicted octanol–water partition coefficient (Wildman–Crippen LogP) is -0.569. The second kappa shape index (κ2) is 4.95. The Kier molecular flexibility index (Phi) is 3.62. The van der Waals surface area contributed by atoms with Crippen molar-refractivity contribution in [3.63, 3.8) is 0 Å². The van der Waals surface area contributed by atoms with Crippen LogP contribution in [0.1, 0.15) is 20.7 Å². The number of carboxylic acid groups (broad SMARTS) is 2. The van der Waals surface area contributed by atoms with Gasteiger partial charge >= 0.3 is 11.9 Å². The molecule has 1 heterocycles. The lowest BCUT2D eigenvalue weighted by Crippen LogP contribution is -2.19. The molecule has 4 N–H and O–H groups in total. The third kappa shape index (κ3) is 2.61. The van der Waals surface area contributed by atoms with Crippen molar-refractivity contribution in [2.75, 3.05) is 0 Å². The molecule has 0 saturated heterocycles. The Labute approximate surface area is 99.5 Å². The first-order chi connectivity index (χ1) is 8.34. The van der Waals surface area contributed by atoms with E-state index in [-0.39, 0.29) is 16.9 Å². The number of rotatable bonds is 0. The summed E-state index contributed by atoms with van der Waals surface area (Å²) in [6.45, 7) is 0. The summed E-state index contributed by atoms with van der Waals surface area (Å²) in [6.07, 6.45) is 0. The van der Waals surface area contributed by atoms with Crippen molar-refractivity contribution < 1.29 is 34.5 Å². The largest absolute Gasteiger partial charge is 0.507 e. The summed E-state index contributed by atoms with van der Waals surface area (Å²) >= 11 is 0. The summed E-state index contributed by atoms with van der Waals surface area (Å²) in [7, 11) is 0. The minimum absolute atomic E-state index is 0.0718. The Morgan fingerprint density at radius 2 is 1.56 bits per heavy atom. The number of amides is 2. The van der Waals surface area contributed by atoms with E-state index in [1.165, 1.54) is 18.2 Å². The van der Waals surface area contributed by atoms with Gasteiger partial charge < -0.3 is 15.3 Å². The molecule has 0 spiro atoms. The van der Waals surface area contributed by atoms with Crippen LogP contribution in [0.15, 0.2) is 18.2 Å². The minimum atomic E-state index is -1.82. The number of carbonyl (C=O) groups is 4. The van der Waals surface area contributed by atoms with Crippen LogP contribution in [0.3, 0.4) is 0 Å². The van der Waals surface area contributed by atoms with Gasteiger partial charge in [-0.25, -0.2) is 9.59 Å². The molecule has 0 bridgehead atoms. The number of hydrogen-bond acceptors (Lipinski definition) is 5. The molecule has 0 aromatic heterocycles. The van der Waals surface area contributed by atoms with Crippen LogP contribution >= 0.6 is 0 Å². The zero-order chi connectivity index (χ0) is 13.9. The fourth-order valence-corrected chi connectivity index (χ4v) is 1.20. The van der Waals surface area contributed by atoms with Gasteiger partial charge in [0.25, 0.3) is 11.8 Å². The van der Waals surface area contributed by atoms with Gasteiger partial charge in [0.15, 0.2) is 0 Å². The van der Waals surface area contributed by atoms with Crippen LogP contribution in [-0.4, -0.2) is 39.1 Å². The van der Waals surface area contributed by atoms with E-state index in [2.05, 4.69) is 5.32 Å². The molecule has 0 radical (unpaired) electrons. The van der Waals surface area contributed by atoms with Gasteiger partial charge in [0.05, 0.1) is 11.1 Å². The lowest BCUT2D eigenvalue weighted by molar-refractivity contribution is -0.159. The summed E-state index contributed by atoms with van der Waals surface area (Å²) < 4.78 is 0. The molecular weight excluding hydrogens is 246 g/mol. The average molecular weight is 253 g/mol. The third-order valence-electron chi connectivity index (χ3n) is 1.92. The third-order valence-corrected chi connectivity index (χ3v) is 1.92. The highest BCUT2D eigenvalue weighted by molar-refractivity contribution is 6.27. The molecule has 0 saturated carbocycles. The highest BCUT2D eigenvalue weighted by Gasteiger charge is 2.28. The fraction of sp³-hybridized carbons (Fsp3) is 0. The zero-order valence-electron chi connectivity index (χ0n) is 8.71. The van der Waals surface area contributed by atoms with Crippen molar-refractivity contribution in [2.45, 2.75) is 0 Å². The molecule has 1 aromatic rings. The van der Waals surface area contributed by atoms with Crippen molar-refractivity contribution in [3.8, 4) is 5.75 Å². The Hall–Kier alpha value is -2.90. The lowest BCUT2D eigenvalue weighted by atomic mass is 10.1. The van der Waals surface area contributed by atoms with Gasteiger partial charge in [-0.3, -0.25) is 14.9 Å². The summed E-state index contributed by atoms with van der Waals surface area (Å²) in [5, 5.41) is 26.1. The van der Waals surface area contributed by atoms with Crippen molar-refractivity contribution >= 4 is 23.8 Å². The van der Waals surface area contributed by atoms with E-state index in [0.717, 1.165) is 0 Å². The van der Waals surface area contributed by atoms with Gasteiger partial charge in [0, 0.05) is 0 Å². The van der Waals surface area contributed by atoms with Crippen molar-refractivity contribution in [3.05, 3.63) is 29.3 Å². The topological polar surface area (TPSA) is 141 Å². The highest BCUT2D eigenvalue weighted by atomic mass is 16.4. The monoisotopic (exact) mass is 253 g/mol. The molecule has 0 aliphatic carbocycles. The minimum Gasteiger partial charge on any atom is -0.507 e.